The van der Waals surface area contributed by atoms with E-state index in [2.05, 4.69) is 12.2 Å². The molecule has 0 aromatic heterocycles. The van der Waals surface area contributed by atoms with Crippen LogP contribution in [0.3, 0.4) is 0 Å². The normalized spacial score (nSPS) is 27.3. The van der Waals surface area contributed by atoms with Gasteiger partial charge < -0.3 is 15.3 Å². The quantitative estimate of drug-likeness (QED) is 0.768. The fourth-order valence-corrected chi connectivity index (χ4v) is 2.47. The zero-order valence-corrected chi connectivity index (χ0v) is 11.4. The van der Waals surface area contributed by atoms with Crippen LogP contribution in [0.15, 0.2) is 0 Å². The maximum Gasteiger partial charge on any atom is 0.225 e. The fraction of sp³-hybridized carbons (Fsp3) is 0.923. The van der Waals surface area contributed by atoms with E-state index >= 15 is 0 Å². The molecular weight excluding hydrogens is 216 g/mol. The molecule has 1 rings (SSSR count). The van der Waals surface area contributed by atoms with Crippen LogP contribution in [0.25, 0.3) is 0 Å². The van der Waals surface area contributed by atoms with Crippen LogP contribution >= 0.6 is 0 Å². The van der Waals surface area contributed by atoms with Gasteiger partial charge in [-0.1, -0.05) is 20.8 Å². The number of likely N-dealkylation sites (tertiary alicyclic amines) is 1. The number of rotatable bonds is 4. The van der Waals surface area contributed by atoms with Gasteiger partial charge in [0.15, 0.2) is 0 Å². The average molecular weight is 242 g/mol. The van der Waals surface area contributed by atoms with Crippen LogP contribution in [0, 0.1) is 11.8 Å². The van der Waals surface area contributed by atoms with Gasteiger partial charge >= 0.3 is 0 Å². The zero-order chi connectivity index (χ0) is 13.0. The standard InChI is InChI=1S/C13H26N2O2/c1-5-14-12-6-11(10(4)16)7-15(8-12)13(17)9(2)3/h9-12,14,16H,5-8H2,1-4H3. The Hall–Kier alpha value is -0.610. The Kier molecular flexibility index (Phi) is 5.40. The van der Waals surface area contributed by atoms with Crippen LogP contribution in [0.4, 0.5) is 0 Å². The second-order valence-corrected chi connectivity index (χ2v) is 5.39. The largest absolute Gasteiger partial charge is 0.393 e. The number of likely N-dealkylation sites (N-methyl/N-ethyl adjacent to an activating group) is 1. The third kappa shape index (κ3) is 3.96. The molecule has 1 aliphatic heterocycles. The van der Waals surface area contributed by atoms with E-state index in [1.54, 1.807) is 0 Å². The Bertz CT molecular complexity index is 254. The molecule has 0 saturated carbocycles. The highest BCUT2D eigenvalue weighted by atomic mass is 16.3. The molecule has 2 N–H and O–H groups in total. The van der Waals surface area contributed by atoms with Crippen molar-refractivity contribution in [3.63, 3.8) is 0 Å². The number of amides is 1. The van der Waals surface area contributed by atoms with Gasteiger partial charge in [0.1, 0.15) is 0 Å². The predicted octanol–water partition coefficient (Wildman–Crippen LogP) is 0.850. The summed E-state index contributed by atoms with van der Waals surface area (Å²) in [5, 5.41) is 13.1. The summed E-state index contributed by atoms with van der Waals surface area (Å²) in [5.74, 6) is 0.416. The van der Waals surface area contributed by atoms with E-state index in [9.17, 15) is 9.90 Å². The predicted molar refractivity (Wildman–Crippen MR) is 68.7 cm³/mol. The molecule has 0 spiro atoms. The van der Waals surface area contributed by atoms with Crippen LogP contribution in [-0.2, 0) is 4.79 Å². The first kappa shape index (κ1) is 14.5. The fourth-order valence-electron chi connectivity index (χ4n) is 2.47. The minimum absolute atomic E-state index is 0.0324. The van der Waals surface area contributed by atoms with Gasteiger partial charge in [0.2, 0.25) is 5.91 Å². The highest BCUT2D eigenvalue weighted by molar-refractivity contribution is 5.78. The third-order valence-corrected chi connectivity index (χ3v) is 3.46. The summed E-state index contributed by atoms with van der Waals surface area (Å²) in [4.78, 5) is 13.9. The summed E-state index contributed by atoms with van der Waals surface area (Å²) in [6.07, 6.45) is 0.604. The SMILES string of the molecule is CCNC1CC(C(C)O)CN(C(=O)C(C)C)C1. The Balaban J connectivity index is 2.67. The molecule has 100 valence electrons. The number of carbonyl (C=O) groups is 1. The van der Waals surface area contributed by atoms with Crippen molar-refractivity contribution in [3.8, 4) is 0 Å². The van der Waals surface area contributed by atoms with Crippen molar-refractivity contribution in [2.45, 2.75) is 46.3 Å². The summed E-state index contributed by atoms with van der Waals surface area (Å²) in [6, 6.07) is 0.316. The average Bonchev–Trinajstić information content (AvgIpc) is 2.27. The molecule has 1 fully saturated rings. The molecule has 1 aliphatic rings. The highest BCUT2D eigenvalue weighted by Gasteiger charge is 2.32. The molecule has 1 saturated heterocycles. The highest BCUT2D eigenvalue weighted by Crippen LogP contribution is 2.21. The maximum atomic E-state index is 12.0. The van der Waals surface area contributed by atoms with Gasteiger partial charge in [-0.2, -0.15) is 0 Å². The van der Waals surface area contributed by atoms with Gasteiger partial charge in [0.25, 0.3) is 0 Å². The summed E-state index contributed by atoms with van der Waals surface area (Å²) >= 11 is 0. The number of carbonyl (C=O) groups excluding carboxylic acids is 1. The van der Waals surface area contributed by atoms with Crippen LogP contribution < -0.4 is 5.32 Å². The van der Waals surface area contributed by atoms with Crippen LogP contribution in [0.1, 0.15) is 34.1 Å². The second-order valence-electron chi connectivity index (χ2n) is 5.39. The van der Waals surface area contributed by atoms with Crippen LogP contribution in [-0.4, -0.2) is 47.7 Å². The minimum atomic E-state index is -0.348. The van der Waals surface area contributed by atoms with E-state index in [1.807, 2.05) is 25.7 Å². The molecule has 1 heterocycles. The summed E-state index contributed by atoms with van der Waals surface area (Å²) in [7, 11) is 0. The number of aliphatic hydroxyl groups is 1. The van der Waals surface area contributed by atoms with Gasteiger partial charge in [-0.3, -0.25) is 4.79 Å². The molecule has 4 heteroatoms. The van der Waals surface area contributed by atoms with Crippen molar-refractivity contribution in [1.29, 1.82) is 0 Å². The minimum Gasteiger partial charge on any atom is -0.393 e. The number of nitrogens with zero attached hydrogens (tertiary/aromatic N) is 1. The summed E-state index contributed by atoms with van der Waals surface area (Å²) in [5.41, 5.74) is 0. The third-order valence-electron chi connectivity index (χ3n) is 3.46. The first-order chi connectivity index (χ1) is 7.95. The van der Waals surface area contributed by atoms with Gasteiger partial charge in [0.05, 0.1) is 6.10 Å². The van der Waals surface area contributed by atoms with Crippen molar-refractivity contribution in [1.82, 2.24) is 10.2 Å². The number of aliphatic hydroxyl groups excluding tert-OH is 1. The zero-order valence-electron chi connectivity index (χ0n) is 11.4. The maximum absolute atomic E-state index is 12.0. The van der Waals surface area contributed by atoms with E-state index in [1.165, 1.54) is 0 Å². The molecule has 17 heavy (non-hydrogen) atoms. The number of hydrogen-bond donors (Lipinski definition) is 2. The van der Waals surface area contributed by atoms with E-state index in [4.69, 9.17) is 0 Å². The number of hydrogen-bond acceptors (Lipinski definition) is 3. The Morgan fingerprint density at radius 1 is 1.41 bits per heavy atom. The van der Waals surface area contributed by atoms with E-state index in [0.717, 1.165) is 19.5 Å². The lowest BCUT2D eigenvalue weighted by Crippen LogP contribution is -2.54. The molecule has 0 aromatic carbocycles. The summed E-state index contributed by atoms with van der Waals surface area (Å²) in [6.45, 7) is 10.1. The molecule has 3 atom stereocenters. The summed E-state index contributed by atoms with van der Waals surface area (Å²) < 4.78 is 0. The molecule has 0 bridgehead atoms. The molecule has 1 amide bonds. The van der Waals surface area contributed by atoms with E-state index in [0.29, 0.717) is 12.6 Å². The first-order valence-electron chi connectivity index (χ1n) is 6.65. The monoisotopic (exact) mass is 242 g/mol. The van der Waals surface area contributed by atoms with Crippen molar-refractivity contribution in [3.05, 3.63) is 0 Å². The van der Waals surface area contributed by atoms with Gasteiger partial charge in [-0.15, -0.1) is 0 Å². The van der Waals surface area contributed by atoms with E-state index in [-0.39, 0.29) is 23.8 Å². The van der Waals surface area contributed by atoms with Gasteiger partial charge in [-0.05, 0) is 19.9 Å². The lowest BCUT2D eigenvalue weighted by molar-refractivity contribution is -0.137. The first-order valence-corrected chi connectivity index (χ1v) is 6.65. The smallest absolute Gasteiger partial charge is 0.225 e. The molecule has 3 unspecified atom stereocenters. The molecule has 0 aliphatic carbocycles. The van der Waals surface area contributed by atoms with Crippen molar-refractivity contribution in [2.24, 2.45) is 11.8 Å². The Morgan fingerprint density at radius 2 is 2.06 bits per heavy atom. The van der Waals surface area contributed by atoms with E-state index < -0.39 is 0 Å². The number of nitrogens with one attached hydrogen (secondary N) is 1. The van der Waals surface area contributed by atoms with Crippen molar-refractivity contribution >= 4 is 5.91 Å². The second kappa shape index (κ2) is 6.36. The molecule has 0 aromatic rings. The van der Waals surface area contributed by atoms with Crippen molar-refractivity contribution < 1.29 is 9.90 Å². The van der Waals surface area contributed by atoms with Crippen LogP contribution in [0.2, 0.25) is 0 Å². The molecule has 0 radical (unpaired) electrons. The molecular formula is C13H26N2O2. The lowest BCUT2D eigenvalue weighted by Gasteiger charge is -2.40. The van der Waals surface area contributed by atoms with Crippen molar-refractivity contribution in [2.75, 3.05) is 19.6 Å². The Morgan fingerprint density at radius 3 is 2.53 bits per heavy atom. The molecule has 4 nitrogen and oxygen atoms in total. The van der Waals surface area contributed by atoms with Crippen LogP contribution in [0.5, 0.6) is 0 Å². The lowest BCUT2D eigenvalue weighted by atomic mass is 9.89. The Labute approximate surface area is 104 Å². The number of piperidine rings is 1. The topological polar surface area (TPSA) is 52.6 Å². The van der Waals surface area contributed by atoms with Gasteiger partial charge in [-0.25, -0.2) is 0 Å². The van der Waals surface area contributed by atoms with Gasteiger partial charge in [0, 0.05) is 31.0 Å².